The number of carboxylic acid groups (broad SMARTS) is 1. The van der Waals surface area contributed by atoms with Crippen molar-refractivity contribution in [1.29, 1.82) is 0 Å². The topological polar surface area (TPSA) is 97.8 Å². The van der Waals surface area contributed by atoms with E-state index in [2.05, 4.69) is 0 Å². The number of hydrogen-bond donors (Lipinski definition) is 2. The van der Waals surface area contributed by atoms with Crippen molar-refractivity contribution in [2.45, 2.75) is 37.8 Å². The summed E-state index contributed by atoms with van der Waals surface area (Å²) in [6, 6.07) is 1.41. The molecule has 1 aromatic heterocycles. The van der Waals surface area contributed by atoms with Crippen molar-refractivity contribution >= 4 is 22.6 Å². The second-order valence-electron chi connectivity index (χ2n) is 8.51. The van der Waals surface area contributed by atoms with Gasteiger partial charge in [-0.1, -0.05) is 0 Å². The van der Waals surface area contributed by atoms with Crippen molar-refractivity contribution in [1.82, 2.24) is 4.57 Å². The third kappa shape index (κ3) is 2.73. The van der Waals surface area contributed by atoms with Crippen LogP contribution in [0.2, 0.25) is 0 Å². The highest BCUT2D eigenvalue weighted by Gasteiger charge is 2.43. The summed E-state index contributed by atoms with van der Waals surface area (Å²) < 4.78 is 22.7. The van der Waals surface area contributed by atoms with Crippen LogP contribution in [0.25, 0.3) is 10.9 Å². The zero-order valence-electron chi connectivity index (χ0n) is 16.2. The van der Waals surface area contributed by atoms with E-state index in [0.29, 0.717) is 41.9 Å². The van der Waals surface area contributed by atoms with Crippen LogP contribution in [0.15, 0.2) is 17.1 Å². The van der Waals surface area contributed by atoms with Crippen molar-refractivity contribution < 1.29 is 19.0 Å². The highest BCUT2D eigenvalue weighted by atomic mass is 19.1. The van der Waals surface area contributed by atoms with Gasteiger partial charge in [-0.05, 0) is 43.6 Å². The number of piperidine rings is 1. The minimum Gasteiger partial charge on any atom is -0.492 e. The average Bonchev–Trinajstić information content (AvgIpc) is 3.52. The minimum atomic E-state index is -1.31. The fourth-order valence-electron chi connectivity index (χ4n) is 5.06. The first-order valence-corrected chi connectivity index (χ1v) is 10.1. The summed E-state index contributed by atoms with van der Waals surface area (Å²) >= 11 is 0. The Balaban J connectivity index is 1.73. The second kappa shape index (κ2) is 6.45. The molecule has 3 aliphatic rings. The first kappa shape index (κ1) is 18.4. The number of carboxylic acids is 1. The molecule has 0 radical (unpaired) electrons. The first-order valence-electron chi connectivity index (χ1n) is 10.1. The number of fused-ring (bicyclic) bond motifs is 2. The number of ether oxygens (including phenoxy) is 1. The number of anilines is 1. The Labute approximate surface area is 166 Å². The zero-order chi connectivity index (χ0) is 20.4. The van der Waals surface area contributed by atoms with Gasteiger partial charge in [-0.3, -0.25) is 4.79 Å². The molecule has 3 fully saturated rings. The molecule has 29 heavy (non-hydrogen) atoms. The Hall–Kier alpha value is -2.61. The predicted molar refractivity (Wildman–Crippen MR) is 106 cm³/mol. The van der Waals surface area contributed by atoms with Gasteiger partial charge in [0.1, 0.15) is 11.3 Å². The minimum absolute atomic E-state index is 0.0464. The maximum Gasteiger partial charge on any atom is 0.341 e. The van der Waals surface area contributed by atoms with E-state index in [0.717, 1.165) is 25.7 Å². The molecule has 1 saturated heterocycles. The van der Waals surface area contributed by atoms with Crippen LogP contribution in [0.5, 0.6) is 5.75 Å². The third-order valence-electron chi connectivity index (χ3n) is 6.82. The molecule has 3 N–H and O–H groups in total. The fourth-order valence-corrected chi connectivity index (χ4v) is 5.06. The summed E-state index contributed by atoms with van der Waals surface area (Å²) in [6.07, 6.45) is 5.12. The van der Waals surface area contributed by atoms with E-state index in [-0.39, 0.29) is 23.0 Å². The van der Waals surface area contributed by atoms with Crippen LogP contribution in [-0.4, -0.2) is 41.9 Å². The summed E-state index contributed by atoms with van der Waals surface area (Å²) in [7, 11) is 1.46. The van der Waals surface area contributed by atoms with Crippen LogP contribution in [0.3, 0.4) is 0 Å². The molecule has 2 aromatic rings. The number of nitrogens with two attached hydrogens (primary N) is 1. The number of halogens is 1. The van der Waals surface area contributed by atoms with E-state index in [1.165, 1.54) is 19.4 Å². The Bertz CT molecular complexity index is 1080. The summed E-state index contributed by atoms with van der Waals surface area (Å²) in [5.74, 6) is -0.646. The molecule has 0 unspecified atom stereocenters. The van der Waals surface area contributed by atoms with E-state index in [1.807, 2.05) is 4.90 Å². The van der Waals surface area contributed by atoms with Gasteiger partial charge in [0, 0.05) is 31.4 Å². The molecule has 5 rings (SSSR count). The lowest BCUT2D eigenvalue weighted by atomic mass is 9.66. The normalized spacial score (nSPS) is 26.2. The molecule has 154 valence electrons. The number of rotatable bonds is 4. The lowest BCUT2D eigenvalue weighted by Gasteiger charge is -2.50. The molecule has 1 aliphatic heterocycles. The lowest BCUT2D eigenvalue weighted by molar-refractivity contribution is 0.0695. The van der Waals surface area contributed by atoms with Crippen molar-refractivity contribution in [2.75, 3.05) is 25.1 Å². The van der Waals surface area contributed by atoms with Crippen LogP contribution in [0.4, 0.5) is 10.1 Å². The van der Waals surface area contributed by atoms with Gasteiger partial charge in [0.25, 0.3) is 0 Å². The molecule has 1 aromatic carbocycles. The number of aromatic carboxylic acids is 1. The third-order valence-corrected chi connectivity index (χ3v) is 6.82. The fraction of sp³-hybridized carbons (Fsp3) is 0.524. The van der Waals surface area contributed by atoms with Gasteiger partial charge in [-0.2, -0.15) is 0 Å². The molecule has 0 spiro atoms. The van der Waals surface area contributed by atoms with E-state index >= 15 is 4.39 Å². The number of benzene rings is 1. The number of pyridine rings is 1. The van der Waals surface area contributed by atoms with Crippen LogP contribution in [0.1, 0.15) is 42.1 Å². The number of methoxy groups -OCH3 is 1. The summed E-state index contributed by atoms with van der Waals surface area (Å²) in [4.78, 5) is 26.3. The monoisotopic (exact) mass is 401 g/mol. The Morgan fingerprint density at radius 2 is 2.10 bits per heavy atom. The molecular weight excluding hydrogens is 377 g/mol. The number of carbonyl (C=O) groups is 1. The number of hydrogen-bond acceptors (Lipinski definition) is 5. The molecule has 2 saturated carbocycles. The van der Waals surface area contributed by atoms with Crippen molar-refractivity contribution in [2.24, 2.45) is 17.6 Å². The maximum absolute atomic E-state index is 15.3. The molecule has 7 nitrogen and oxygen atoms in total. The quantitative estimate of drug-likeness (QED) is 0.816. The van der Waals surface area contributed by atoms with Gasteiger partial charge in [0.2, 0.25) is 5.43 Å². The van der Waals surface area contributed by atoms with E-state index in [4.69, 9.17) is 10.5 Å². The molecule has 3 atom stereocenters. The number of nitrogens with zero attached hydrogens (tertiary/aromatic N) is 2. The van der Waals surface area contributed by atoms with Crippen molar-refractivity contribution in [3.05, 3.63) is 33.9 Å². The smallest absolute Gasteiger partial charge is 0.341 e. The van der Waals surface area contributed by atoms with Crippen LogP contribution < -0.4 is 20.8 Å². The summed E-state index contributed by atoms with van der Waals surface area (Å²) in [5, 5.41) is 9.48. The predicted octanol–water partition coefficient (Wildman–Crippen LogP) is 2.36. The first-order chi connectivity index (χ1) is 13.9. The van der Waals surface area contributed by atoms with E-state index in [9.17, 15) is 14.7 Å². The molecule has 0 bridgehead atoms. The van der Waals surface area contributed by atoms with Crippen molar-refractivity contribution in [3.8, 4) is 5.75 Å². The largest absolute Gasteiger partial charge is 0.492 e. The lowest BCUT2D eigenvalue weighted by Crippen LogP contribution is -2.57. The molecule has 8 heteroatoms. The van der Waals surface area contributed by atoms with E-state index in [1.54, 1.807) is 4.57 Å². The SMILES string of the molecule is COc1c(N2CC[C@@H]3C[C@H](N)[C@@H]3C2)c(F)cc2c(=O)c(C(=O)O)cn(C3CC3)c12. The highest BCUT2D eigenvalue weighted by molar-refractivity contribution is 5.97. The molecule has 0 amide bonds. The van der Waals surface area contributed by atoms with Crippen LogP contribution in [0, 0.1) is 17.7 Å². The average molecular weight is 401 g/mol. The van der Waals surface area contributed by atoms with Gasteiger partial charge >= 0.3 is 5.97 Å². The van der Waals surface area contributed by atoms with Gasteiger partial charge in [0.15, 0.2) is 11.6 Å². The van der Waals surface area contributed by atoms with Gasteiger partial charge < -0.3 is 25.0 Å². The van der Waals surface area contributed by atoms with Crippen LogP contribution >= 0.6 is 0 Å². The zero-order valence-corrected chi connectivity index (χ0v) is 16.2. The number of aromatic nitrogens is 1. The standard InChI is InChI=1S/C21H24FN3O4/c1-29-20-17-12(19(26)14(21(27)28)9-25(17)11-2-3-11)7-15(22)18(20)24-5-4-10-6-16(23)13(10)8-24/h7,9-11,13,16H,2-6,8,23H2,1H3,(H,27,28)/t10-,13-,16+/m1/s1. The molecule has 2 heterocycles. The second-order valence-corrected chi connectivity index (χ2v) is 8.51. The Morgan fingerprint density at radius 1 is 1.34 bits per heavy atom. The van der Waals surface area contributed by atoms with Crippen molar-refractivity contribution in [3.63, 3.8) is 0 Å². The van der Waals surface area contributed by atoms with E-state index < -0.39 is 17.2 Å². The molecular formula is C21H24FN3O4. The highest BCUT2D eigenvalue weighted by Crippen LogP contribution is 2.46. The molecule has 2 aliphatic carbocycles. The Morgan fingerprint density at radius 3 is 2.72 bits per heavy atom. The summed E-state index contributed by atoms with van der Waals surface area (Å²) in [5.41, 5.74) is 5.94. The van der Waals surface area contributed by atoms with Gasteiger partial charge in [-0.25, -0.2) is 9.18 Å². The van der Waals surface area contributed by atoms with Gasteiger partial charge in [0.05, 0.1) is 18.0 Å². The Kier molecular flexibility index (Phi) is 4.10. The maximum atomic E-state index is 15.3. The van der Waals surface area contributed by atoms with Crippen LogP contribution in [-0.2, 0) is 0 Å². The summed E-state index contributed by atoms with van der Waals surface area (Å²) in [6.45, 7) is 1.36. The van der Waals surface area contributed by atoms with Gasteiger partial charge in [-0.15, -0.1) is 0 Å².